The molecule has 0 saturated heterocycles. The average Bonchev–Trinajstić information content (AvgIpc) is 2.38. The number of pyridine rings is 1. The first-order valence-electron chi connectivity index (χ1n) is 6.09. The maximum Gasteiger partial charge on any atom is 0.287 e. The minimum absolute atomic E-state index is 0.00932. The maximum atomic E-state index is 10.6. The Morgan fingerprint density at radius 1 is 1.05 bits per heavy atom. The highest BCUT2D eigenvalue weighted by atomic mass is 16.6. The van der Waals surface area contributed by atoms with Gasteiger partial charge in [0.1, 0.15) is 6.20 Å². The molecule has 4 nitrogen and oxygen atoms in total. The minimum Gasteiger partial charge on any atom is -0.258 e. The summed E-state index contributed by atoms with van der Waals surface area (Å²) in [7, 11) is 0. The molecule has 1 heterocycles. The predicted molar refractivity (Wildman–Crippen MR) is 75.0 cm³/mol. The Labute approximate surface area is 112 Å². The second-order valence-corrected chi connectivity index (χ2v) is 5.49. The molecule has 0 aliphatic carbocycles. The number of aromatic nitrogens is 1. The second kappa shape index (κ2) is 4.80. The third-order valence-corrected chi connectivity index (χ3v) is 3.01. The van der Waals surface area contributed by atoms with Gasteiger partial charge in [0.15, 0.2) is 0 Å². The van der Waals surface area contributed by atoms with Gasteiger partial charge in [0.2, 0.25) is 0 Å². The minimum atomic E-state index is -0.445. The van der Waals surface area contributed by atoms with E-state index >= 15 is 0 Å². The molecule has 0 spiro atoms. The Hall–Kier alpha value is -2.23. The van der Waals surface area contributed by atoms with Crippen LogP contribution >= 0.6 is 0 Å². The number of hydrogen-bond acceptors (Lipinski definition) is 3. The van der Waals surface area contributed by atoms with Crippen molar-refractivity contribution >= 4 is 5.69 Å². The van der Waals surface area contributed by atoms with Gasteiger partial charge in [-0.05, 0) is 17.0 Å². The molecule has 0 amide bonds. The van der Waals surface area contributed by atoms with Crippen LogP contribution in [-0.4, -0.2) is 9.91 Å². The molecule has 0 radical (unpaired) electrons. The zero-order valence-corrected chi connectivity index (χ0v) is 11.3. The van der Waals surface area contributed by atoms with Crippen molar-refractivity contribution in [3.8, 4) is 11.3 Å². The van der Waals surface area contributed by atoms with Gasteiger partial charge in [-0.1, -0.05) is 45.0 Å². The number of nitrogens with zero attached hydrogens (tertiary/aromatic N) is 2. The highest BCUT2D eigenvalue weighted by molar-refractivity contribution is 5.60. The van der Waals surface area contributed by atoms with E-state index < -0.39 is 4.92 Å². The van der Waals surface area contributed by atoms with Gasteiger partial charge in [-0.2, -0.15) is 0 Å². The van der Waals surface area contributed by atoms with Crippen LogP contribution in [0.2, 0.25) is 0 Å². The topological polar surface area (TPSA) is 56.0 Å². The van der Waals surface area contributed by atoms with E-state index in [1.807, 2.05) is 12.1 Å². The van der Waals surface area contributed by atoms with Crippen LogP contribution in [0.3, 0.4) is 0 Å². The molecule has 0 aliphatic heterocycles. The van der Waals surface area contributed by atoms with Crippen LogP contribution < -0.4 is 0 Å². The summed E-state index contributed by atoms with van der Waals surface area (Å²) in [5.41, 5.74) is 3.07. The Morgan fingerprint density at radius 3 is 2.11 bits per heavy atom. The quantitative estimate of drug-likeness (QED) is 0.603. The fourth-order valence-corrected chi connectivity index (χ4v) is 1.81. The molecule has 0 fully saturated rings. The molecule has 0 N–H and O–H groups in total. The van der Waals surface area contributed by atoms with Crippen molar-refractivity contribution in [2.45, 2.75) is 26.2 Å². The first-order chi connectivity index (χ1) is 8.88. The van der Waals surface area contributed by atoms with Gasteiger partial charge >= 0.3 is 0 Å². The fourth-order valence-electron chi connectivity index (χ4n) is 1.81. The van der Waals surface area contributed by atoms with E-state index in [1.54, 1.807) is 6.07 Å². The van der Waals surface area contributed by atoms with E-state index in [0.717, 1.165) is 11.3 Å². The summed E-state index contributed by atoms with van der Waals surface area (Å²) in [6.45, 7) is 6.48. The summed E-state index contributed by atoms with van der Waals surface area (Å²) in [4.78, 5) is 14.2. The molecule has 19 heavy (non-hydrogen) atoms. The average molecular weight is 256 g/mol. The molecular formula is C15H16N2O2. The van der Waals surface area contributed by atoms with Gasteiger partial charge in [0, 0.05) is 11.6 Å². The molecule has 0 bridgehead atoms. The number of nitro groups is 1. The molecule has 98 valence electrons. The van der Waals surface area contributed by atoms with Gasteiger partial charge in [-0.3, -0.25) is 10.1 Å². The third kappa shape index (κ3) is 2.96. The van der Waals surface area contributed by atoms with E-state index in [9.17, 15) is 10.1 Å². The molecule has 1 aromatic heterocycles. The largest absolute Gasteiger partial charge is 0.287 e. The zero-order valence-electron chi connectivity index (χ0n) is 11.3. The second-order valence-electron chi connectivity index (χ2n) is 5.49. The fraction of sp³-hybridized carbons (Fsp3) is 0.267. The van der Waals surface area contributed by atoms with Gasteiger partial charge in [-0.15, -0.1) is 0 Å². The summed E-state index contributed by atoms with van der Waals surface area (Å²) in [6.07, 6.45) is 1.28. The van der Waals surface area contributed by atoms with Gasteiger partial charge in [0.05, 0.1) is 10.6 Å². The van der Waals surface area contributed by atoms with Crippen LogP contribution in [0.4, 0.5) is 5.69 Å². The summed E-state index contributed by atoms with van der Waals surface area (Å²) in [5, 5.41) is 10.6. The zero-order chi connectivity index (χ0) is 14.0. The summed E-state index contributed by atoms with van der Waals surface area (Å²) < 4.78 is 0. The molecule has 0 saturated carbocycles. The van der Waals surface area contributed by atoms with Crippen LogP contribution in [0.5, 0.6) is 0 Å². The van der Waals surface area contributed by atoms with Crippen LogP contribution in [0.15, 0.2) is 42.6 Å². The number of hydrogen-bond donors (Lipinski definition) is 0. The lowest BCUT2D eigenvalue weighted by Crippen LogP contribution is -2.10. The third-order valence-electron chi connectivity index (χ3n) is 3.01. The summed E-state index contributed by atoms with van der Waals surface area (Å²) in [6, 6.07) is 11.3. The Balaban J connectivity index is 2.30. The van der Waals surface area contributed by atoms with E-state index in [-0.39, 0.29) is 11.1 Å². The van der Waals surface area contributed by atoms with E-state index in [0.29, 0.717) is 0 Å². The molecular weight excluding hydrogens is 240 g/mol. The van der Waals surface area contributed by atoms with E-state index in [2.05, 4.69) is 37.9 Å². The monoisotopic (exact) mass is 256 g/mol. The van der Waals surface area contributed by atoms with Crippen molar-refractivity contribution in [2.75, 3.05) is 0 Å². The van der Waals surface area contributed by atoms with Gasteiger partial charge in [0.25, 0.3) is 5.69 Å². The van der Waals surface area contributed by atoms with Crippen LogP contribution in [0, 0.1) is 10.1 Å². The van der Waals surface area contributed by atoms with Crippen LogP contribution in [-0.2, 0) is 5.41 Å². The lowest BCUT2D eigenvalue weighted by Gasteiger charge is -2.19. The normalized spacial score (nSPS) is 11.3. The Bertz CT molecular complexity index is 581. The first kappa shape index (κ1) is 13.2. The number of benzene rings is 1. The van der Waals surface area contributed by atoms with Crippen molar-refractivity contribution < 1.29 is 4.92 Å². The Kier molecular flexibility index (Phi) is 3.34. The standard InChI is InChI=1S/C15H16N2O2/c1-15(2,3)12-6-4-11(5-7-12)14-9-8-13(10-16-14)17(18)19/h4-10H,1-3H3. The molecule has 4 heteroatoms. The smallest absolute Gasteiger partial charge is 0.258 e. The van der Waals surface area contributed by atoms with Crippen molar-refractivity contribution in [1.82, 2.24) is 4.98 Å². The van der Waals surface area contributed by atoms with Crippen molar-refractivity contribution in [3.05, 3.63) is 58.3 Å². The van der Waals surface area contributed by atoms with Gasteiger partial charge < -0.3 is 0 Å². The first-order valence-corrected chi connectivity index (χ1v) is 6.09. The van der Waals surface area contributed by atoms with Gasteiger partial charge in [-0.25, -0.2) is 4.98 Å². The molecule has 0 unspecified atom stereocenters. The highest BCUT2D eigenvalue weighted by Crippen LogP contribution is 2.25. The van der Waals surface area contributed by atoms with E-state index in [4.69, 9.17) is 0 Å². The van der Waals surface area contributed by atoms with Crippen molar-refractivity contribution in [1.29, 1.82) is 0 Å². The van der Waals surface area contributed by atoms with E-state index in [1.165, 1.54) is 17.8 Å². The van der Waals surface area contributed by atoms with Crippen molar-refractivity contribution in [3.63, 3.8) is 0 Å². The van der Waals surface area contributed by atoms with Crippen LogP contribution in [0.1, 0.15) is 26.3 Å². The summed E-state index contributed by atoms with van der Waals surface area (Å²) >= 11 is 0. The molecule has 2 rings (SSSR count). The SMILES string of the molecule is CC(C)(C)c1ccc(-c2ccc([N+](=O)[O-])cn2)cc1. The Morgan fingerprint density at radius 2 is 1.68 bits per heavy atom. The highest BCUT2D eigenvalue weighted by Gasteiger charge is 2.13. The molecule has 0 atom stereocenters. The maximum absolute atomic E-state index is 10.6. The van der Waals surface area contributed by atoms with Crippen LogP contribution in [0.25, 0.3) is 11.3 Å². The summed E-state index contributed by atoms with van der Waals surface area (Å²) in [5.74, 6) is 0. The lowest BCUT2D eigenvalue weighted by atomic mass is 9.86. The molecule has 1 aromatic carbocycles. The lowest BCUT2D eigenvalue weighted by molar-refractivity contribution is -0.385. The molecule has 0 aliphatic rings. The molecule has 2 aromatic rings. The predicted octanol–water partition coefficient (Wildman–Crippen LogP) is 3.95. The van der Waals surface area contributed by atoms with Crippen molar-refractivity contribution in [2.24, 2.45) is 0 Å². The number of rotatable bonds is 2.